The number of rotatable bonds is 5. The van der Waals surface area contributed by atoms with Crippen LogP contribution in [-0.2, 0) is 17.7 Å². The minimum absolute atomic E-state index is 0.00194. The van der Waals surface area contributed by atoms with E-state index in [0.717, 1.165) is 9.54 Å². The number of anilines is 1. The van der Waals surface area contributed by atoms with Gasteiger partial charge in [0.25, 0.3) is 0 Å². The van der Waals surface area contributed by atoms with E-state index in [1.807, 2.05) is 30.3 Å². The van der Waals surface area contributed by atoms with E-state index < -0.39 is 17.0 Å². The van der Waals surface area contributed by atoms with Gasteiger partial charge in [-0.1, -0.05) is 40.6 Å². The number of hydrogen-bond acceptors (Lipinski definition) is 8. The highest BCUT2D eigenvalue weighted by atomic mass is 32.2. The summed E-state index contributed by atoms with van der Waals surface area (Å²) in [6, 6.07) is 9.22. The Labute approximate surface area is 132 Å². The highest BCUT2D eigenvalue weighted by molar-refractivity contribution is 7.79. The average molecular weight is 336 g/mol. The molecule has 0 saturated heterocycles. The van der Waals surface area contributed by atoms with Gasteiger partial charge < -0.3 is 14.4 Å². The van der Waals surface area contributed by atoms with Gasteiger partial charge in [0, 0.05) is 13.3 Å². The lowest BCUT2D eigenvalue weighted by Crippen LogP contribution is -2.24. The van der Waals surface area contributed by atoms with Crippen molar-refractivity contribution in [3.05, 3.63) is 58.0 Å². The van der Waals surface area contributed by atoms with E-state index in [1.165, 1.54) is 6.92 Å². The summed E-state index contributed by atoms with van der Waals surface area (Å²) >= 11 is -2.23. The summed E-state index contributed by atoms with van der Waals surface area (Å²) in [6.45, 7) is 1.54. The van der Waals surface area contributed by atoms with E-state index in [1.54, 1.807) is 0 Å². The molecule has 120 valence electrons. The van der Waals surface area contributed by atoms with Gasteiger partial charge in [0.1, 0.15) is 0 Å². The largest absolute Gasteiger partial charge is 0.456 e. The van der Waals surface area contributed by atoms with Crippen molar-refractivity contribution >= 4 is 17.1 Å². The topological polar surface area (TPSA) is 126 Å². The number of nitrogens with zero attached hydrogens (tertiary/aromatic N) is 3. The predicted octanol–water partition coefficient (Wildman–Crippen LogP) is 0.812. The maximum atomic E-state index is 12.3. The molecule has 9 nitrogen and oxygen atoms in total. The Morgan fingerprint density at radius 3 is 2.65 bits per heavy atom. The molecular formula is C13H12N4O5S. The van der Waals surface area contributed by atoms with Crippen molar-refractivity contribution in [3.8, 4) is 5.75 Å². The van der Waals surface area contributed by atoms with Gasteiger partial charge in [-0.25, -0.2) is 4.79 Å². The monoisotopic (exact) mass is 336 g/mol. The van der Waals surface area contributed by atoms with Crippen LogP contribution >= 0.6 is 0 Å². The fourth-order valence-electron chi connectivity index (χ4n) is 1.89. The first-order valence-corrected chi connectivity index (χ1v) is 7.53. The van der Waals surface area contributed by atoms with Crippen LogP contribution in [0.4, 0.5) is 5.82 Å². The quantitative estimate of drug-likeness (QED) is 0.725. The highest BCUT2D eigenvalue weighted by Gasteiger charge is 2.22. The highest BCUT2D eigenvalue weighted by Crippen LogP contribution is 2.25. The Hall–Kier alpha value is -2.88. The SMILES string of the molecule is Cc1onc(N)c1OS(=O)n1c(Cc2ccccc2)noc1=O. The van der Waals surface area contributed by atoms with Crippen molar-refractivity contribution in [3.63, 3.8) is 0 Å². The summed E-state index contributed by atoms with van der Waals surface area (Å²) in [5.74, 6) is -0.564. The molecule has 0 saturated carbocycles. The molecule has 3 aromatic rings. The first-order valence-electron chi connectivity index (χ1n) is 6.50. The zero-order valence-corrected chi connectivity index (χ0v) is 12.8. The third-order valence-corrected chi connectivity index (χ3v) is 3.94. The van der Waals surface area contributed by atoms with E-state index >= 15 is 0 Å². The van der Waals surface area contributed by atoms with Gasteiger partial charge >= 0.3 is 17.0 Å². The zero-order valence-electron chi connectivity index (χ0n) is 12.0. The second-order valence-electron chi connectivity index (χ2n) is 4.58. The normalized spacial score (nSPS) is 12.2. The van der Waals surface area contributed by atoms with E-state index in [-0.39, 0.29) is 29.6 Å². The molecule has 3 rings (SSSR count). The molecule has 2 heterocycles. The fourth-order valence-corrected chi connectivity index (χ4v) is 2.74. The first kappa shape index (κ1) is 15.0. The molecular weight excluding hydrogens is 324 g/mol. The molecule has 1 atom stereocenters. The van der Waals surface area contributed by atoms with Gasteiger partial charge in [0.2, 0.25) is 11.6 Å². The van der Waals surface area contributed by atoms with E-state index in [9.17, 15) is 9.00 Å². The number of hydrogen-bond donors (Lipinski definition) is 1. The third kappa shape index (κ3) is 3.01. The van der Waals surface area contributed by atoms with Crippen molar-refractivity contribution in [2.75, 3.05) is 5.73 Å². The summed E-state index contributed by atoms with van der Waals surface area (Å²) in [4.78, 5) is 11.8. The van der Waals surface area contributed by atoms with E-state index in [0.29, 0.717) is 0 Å². The van der Waals surface area contributed by atoms with Crippen molar-refractivity contribution in [2.45, 2.75) is 13.3 Å². The minimum Gasteiger partial charge on any atom is -0.378 e. The third-order valence-electron chi connectivity index (χ3n) is 2.97. The van der Waals surface area contributed by atoms with E-state index in [4.69, 9.17) is 14.4 Å². The second kappa shape index (κ2) is 6.08. The lowest BCUT2D eigenvalue weighted by Gasteiger charge is -2.05. The van der Waals surface area contributed by atoms with Gasteiger partial charge in [0.05, 0.1) is 0 Å². The molecule has 0 radical (unpaired) electrons. The van der Waals surface area contributed by atoms with Gasteiger partial charge in [-0.3, -0.25) is 4.52 Å². The van der Waals surface area contributed by atoms with Gasteiger partial charge in [0.15, 0.2) is 11.6 Å². The summed E-state index contributed by atoms with van der Waals surface area (Å²) in [7, 11) is 0. The number of nitrogen functional groups attached to an aromatic ring is 1. The molecule has 0 aliphatic carbocycles. The van der Waals surface area contributed by atoms with Gasteiger partial charge in [-0.15, -0.1) is 3.97 Å². The molecule has 0 spiro atoms. The Bertz CT molecular complexity index is 879. The molecule has 23 heavy (non-hydrogen) atoms. The Balaban J connectivity index is 1.89. The molecule has 0 aliphatic rings. The Morgan fingerprint density at radius 2 is 2.00 bits per heavy atom. The molecule has 0 bridgehead atoms. The van der Waals surface area contributed by atoms with Crippen LogP contribution in [0.5, 0.6) is 5.75 Å². The molecule has 0 amide bonds. The number of benzene rings is 1. The van der Waals surface area contributed by atoms with Crippen LogP contribution in [0.25, 0.3) is 0 Å². The van der Waals surface area contributed by atoms with Crippen molar-refractivity contribution in [1.29, 1.82) is 0 Å². The first-order chi connectivity index (χ1) is 11.1. The van der Waals surface area contributed by atoms with Crippen LogP contribution in [0, 0.1) is 6.92 Å². The van der Waals surface area contributed by atoms with Crippen LogP contribution in [-0.4, -0.2) is 18.5 Å². The van der Waals surface area contributed by atoms with Crippen molar-refractivity contribution in [2.24, 2.45) is 0 Å². The van der Waals surface area contributed by atoms with Crippen LogP contribution in [0.3, 0.4) is 0 Å². The maximum Gasteiger partial charge on any atom is 0.456 e. The molecule has 10 heteroatoms. The lowest BCUT2D eigenvalue weighted by molar-refractivity contribution is 0.379. The zero-order chi connectivity index (χ0) is 16.4. The predicted molar refractivity (Wildman–Crippen MR) is 79.8 cm³/mol. The second-order valence-corrected chi connectivity index (χ2v) is 5.54. The van der Waals surface area contributed by atoms with Crippen molar-refractivity contribution < 1.29 is 17.4 Å². The fraction of sp³-hybridized carbons (Fsp3) is 0.154. The molecule has 0 aliphatic heterocycles. The van der Waals surface area contributed by atoms with Crippen LogP contribution in [0.15, 0.2) is 44.2 Å². The molecule has 1 unspecified atom stereocenters. The van der Waals surface area contributed by atoms with Gasteiger partial charge in [-0.2, -0.15) is 4.21 Å². The smallest absolute Gasteiger partial charge is 0.378 e. The number of aromatic nitrogens is 3. The summed E-state index contributed by atoms with van der Waals surface area (Å²) in [5.41, 5.74) is 6.42. The average Bonchev–Trinajstić information content (AvgIpc) is 3.05. The Kier molecular flexibility index (Phi) is 3.98. The minimum atomic E-state index is -2.23. The maximum absolute atomic E-state index is 12.3. The number of aryl methyl sites for hydroxylation is 1. The summed E-state index contributed by atoms with van der Waals surface area (Å²) < 4.78 is 27.7. The van der Waals surface area contributed by atoms with Crippen LogP contribution in [0.1, 0.15) is 17.1 Å². The lowest BCUT2D eigenvalue weighted by atomic mass is 10.1. The summed E-state index contributed by atoms with van der Waals surface area (Å²) in [5, 5.41) is 7.12. The van der Waals surface area contributed by atoms with Gasteiger partial charge in [-0.05, 0) is 5.56 Å². The molecule has 2 aromatic heterocycles. The standard InChI is InChI=1S/C13H12N4O5S/c1-8-11(12(14)16-20-8)22-23(19)17-10(15-21-13(17)18)7-9-5-3-2-4-6-9/h2-6H,7H2,1H3,(H2,14,16). The molecule has 0 fully saturated rings. The van der Waals surface area contributed by atoms with Crippen LogP contribution < -0.4 is 15.7 Å². The molecule has 1 aromatic carbocycles. The summed E-state index contributed by atoms with van der Waals surface area (Å²) in [6.07, 6.45) is 0.250. The molecule has 2 N–H and O–H groups in total. The van der Waals surface area contributed by atoms with E-state index in [2.05, 4.69) is 14.8 Å². The Morgan fingerprint density at radius 1 is 1.26 bits per heavy atom. The van der Waals surface area contributed by atoms with Crippen molar-refractivity contribution in [1.82, 2.24) is 14.3 Å². The van der Waals surface area contributed by atoms with Crippen LogP contribution in [0.2, 0.25) is 0 Å². The number of nitrogens with two attached hydrogens (primary N) is 1.